The van der Waals surface area contributed by atoms with Crippen molar-refractivity contribution in [2.24, 2.45) is 5.73 Å². The summed E-state index contributed by atoms with van der Waals surface area (Å²) in [5.41, 5.74) is 6.28. The van der Waals surface area contributed by atoms with Gasteiger partial charge in [-0.25, -0.2) is 4.98 Å². The van der Waals surface area contributed by atoms with Crippen LogP contribution in [-0.4, -0.2) is 22.6 Å². The van der Waals surface area contributed by atoms with Crippen molar-refractivity contribution in [3.05, 3.63) is 23.9 Å². The second kappa shape index (κ2) is 4.14. The first kappa shape index (κ1) is 10.4. The highest BCUT2D eigenvalue weighted by atomic mass is 32.1. The number of hydrogen-bond donors (Lipinski definition) is 1. The zero-order chi connectivity index (χ0) is 10.8. The molecular formula is C11H15N3S. The summed E-state index contributed by atoms with van der Waals surface area (Å²) >= 11 is 4.92. The van der Waals surface area contributed by atoms with Crippen molar-refractivity contribution < 1.29 is 0 Å². The smallest absolute Gasteiger partial charge is 0.129 e. The van der Waals surface area contributed by atoms with Gasteiger partial charge in [0.2, 0.25) is 0 Å². The second-order valence-electron chi connectivity index (χ2n) is 3.76. The first-order valence-corrected chi connectivity index (χ1v) is 5.66. The Hall–Kier alpha value is -1.16. The van der Waals surface area contributed by atoms with Gasteiger partial charge in [-0.05, 0) is 31.9 Å². The molecule has 15 heavy (non-hydrogen) atoms. The average Bonchev–Trinajstić information content (AvgIpc) is 3.04. The van der Waals surface area contributed by atoms with Gasteiger partial charge in [0.15, 0.2) is 0 Å². The molecule has 0 aliphatic heterocycles. The lowest BCUT2D eigenvalue weighted by Gasteiger charge is -2.21. The number of nitrogens with two attached hydrogens (primary N) is 1. The summed E-state index contributed by atoms with van der Waals surface area (Å²) in [5, 5.41) is 0. The number of thiocarbonyl (C=S) groups is 1. The summed E-state index contributed by atoms with van der Waals surface area (Å²) in [6.45, 7) is 3.13. The Morgan fingerprint density at radius 1 is 1.60 bits per heavy atom. The molecule has 0 atom stereocenters. The predicted octanol–water partition coefficient (Wildman–Crippen LogP) is 1.70. The monoisotopic (exact) mass is 221 g/mol. The highest BCUT2D eigenvalue weighted by Gasteiger charge is 2.28. The van der Waals surface area contributed by atoms with Crippen molar-refractivity contribution in [3.8, 4) is 0 Å². The summed E-state index contributed by atoms with van der Waals surface area (Å²) < 4.78 is 0. The standard InChI is InChI=1S/C11H15N3S/c1-2-14(8-6-7-8)10-5-3-4-9(13-10)11(12)15/h3-5,8H,2,6-7H2,1H3,(H2,12,15). The van der Waals surface area contributed by atoms with Crippen LogP contribution in [0, 0.1) is 0 Å². The summed E-state index contributed by atoms with van der Waals surface area (Å²) in [7, 11) is 0. The minimum atomic E-state index is 0.365. The molecule has 0 unspecified atom stereocenters. The Labute approximate surface area is 95.3 Å². The van der Waals surface area contributed by atoms with Gasteiger partial charge in [0.25, 0.3) is 0 Å². The van der Waals surface area contributed by atoms with Gasteiger partial charge in [0.05, 0.1) is 5.69 Å². The average molecular weight is 221 g/mol. The fraction of sp³-hybridized carbons (Fsp3) is 0.455. The van der Waals surface area contributed by atoms with E-state index in [4.69, 9.17) is 18.0 Å². The molecule has 0 spiro atoms. The third-order valence-electron chi connectivity index (χ3n) is 2.61. The molecule has 1 aliphatic rings. The van der Waals surface area contributed by atoms with Crippen LogP contribution in [0.2, 0.25) is 0 Å². The van der Waals surface area contributed by atoms with Crippen molar-refractivity contribution in [2.45, 2.75) is 25.8 Å². The van der Waals surface area contributed by atoms with Crippen LogP contribution in [0.25, 0.3) is 0 Å². The molecule has 1 fully saturated rings. The molecule has 4 heteroatoms. The molecule has 3 nitrogen and oxygen atoms in total. The predicted molar refractivity (Wildman–Crippen MR) is 66.2 cm³/mol. The normalized spacial score (nSPS) is 15.0. The van der Waals surface area contributed by atoms with E-state index in [0.717, 1.165) is 12.4 Å². The lowest BCUT2D eigenvalue weighted by molar-refractivity contribution is 0.808. The molecule has 80 valence electrons. The summed E-state index contributed by atoms with van der Waals surface area (Å²) in [6.07, 6.45) is 2.54. The molecular weight excluding hydrogens is 206 g/mol. The van der Waals surface area contributed by atoms with E-state index in [2.05, 4.69) is 16.8 Å². The maximum Gasteiger partial charge on any atom is 0.129 e. The van der Waals surface area contributed by atoms with Gasteiger partial charge in [-0.3, -0.25) is 0 Å². The Kier molecular flexibility index (Phi) is 2.86. The summed E-state index contributed by atoms with van der Waals surface area (Å²) in [4.78, 5) is 7.14. The number of pyridine rings is 1. The molecule has 0 bridgehead atoms. The molecule has 0 radical (unpaired) electrons. The van der Waals surface area contributed by atoms with E-state index in [1.54, 1.807) is 0 Å². The first-order chi connectivity index (χ1) is 7.22. The molecule has 1 aromatic heterocycles. The summed E-state index contributed by atoms with van der Waals surface area (Å²) in [6, 6.07) is 6.50. The Bertz CT molecular complexity index is 374. The van der Waals surface area contributed by atoms with Gasteiger partial charge in [0.1, 0.15) is 10.8 Å². The van der Waals surface area contributed by atoms with Crippen molar-refractivity contribution in [1.29, 1.82) is 0 Å². The highest BCUT2D eigenvalue weighted by Crippen LogP contribution is 2.30. The van der Waals surface area contributed by atoms with E-state index in [9.17, 15) is 0 Å². The van der Waals surface area contributed by atoms with E-state index >= 15 is 0 Å². The molecule has 0 saturated heterocycles. The number of anilines is 1. The largest absolute Gasteiger partial charge is 0.388 e. The van der Waals surface area contributed by atoms with Crippen LogP contribution in [0.5, 0.6) is 0 Å². The van der Waals surface area contributed by atoms with E-state index < -0.39 is 0 Å². The minimum absolute atomic E-state index is 0.365. The minimum Gasteiger partial charge on any atom is -0.388 e. The van der Waals surface area contributed by atoms with E-state index in [1.165, 1.54) is 12.8 Å². The molecule has 1 saturated carbocycles. The fourth-order valence-electron chi connectivity index (χ4n) is 1.71. The lowest BCUT2D eigenvalue weighted by Crippen LogP contribution is -2.26. The van der Waals surface area contributed by atoms with Crippen LogP contribution >= 0.6 is 12.2 Å². The number of hydrogen-bond acceptors (Lipinski definition) is 3. The van der Waals surface area contributed by atoms with Gasteiger partial charge < -0.3 is 10.6 Å². The first-order valence-electron chi connectivity index (χ1n) is 5.26. The number of rotatable bonds is 4. The van der Waals surface area contributed by atoms with Crippen LogP contribution in [0.4, 0.5) is 5.82 Å². The molecule has 1 aromatic rings. The van der Waals surface area contributed by atoms with Crippen LogP contribution in [-0.2, 0) is 0 Å². The molecule has 1 aliphatic carbocycles. The van der Waals surface area contributed by atoms with Gasteiger partial charge in [-0.2, -0.15) is 0 Å². The zero-order valence-corrected chi connectivity index (χ0v) is 9.63. The third kappa shape index (κ3) is 2.26. The van der Waals surface area contributed by atoms with Crippen molar-refractivity contribution in [3.63, 3.8) is 0 Å². The maximum atomic E-state index is 5.57. The van der Waals surface area contributed by atoms with Gasteiger partial charge in [0, 0.05) is 12.6 Å². The highest BCUT2D eigenvalue weighted by molar-refractivity contribution is 7.80. The second-order valence-corrected chi connectivity index (χ2v) is 4.20. The topological polar surface area (TPSA) is 42.1 Å². The summed E-state index contributed by atoms with van der Waals surface area (Å²) in [5.74, 6) is 0.991. The van der Waals surface area contributed by atoms with Crippen LogP contribution in [0.1, 0.15) is 25.5 Å². The Morgan fingerprint density at radius 3 is 2.87 bits per heavy atom. The van der Waals surface area contributed by atoms with Crippen LogP contribution in [0.3, 0.4) is 0 Å². The molecule has 2 rings (SSSR count). The third-order valence-corrected chi connectivity index (χ3v) is 2.82. The zero-order valence-electron chi connectivity index (χ0n) is 8.81. The van der Waals surface area contributed by atoms with E-state index in [0.29, 0.717) is 16.7 Å². The quantitative estimate of drug-likeness (QED) is 0.786. The van der Waals surface area contributed by atoms with Crippen molar-refractivity contribution in [2.75, 3.05) is 11.4 Å². The van der Waals surface area contributed by atoms with Gasteiger partial charge in [-0.1, -0.05) is 18.3 Å². The molecule has 0 amide bonds. The maximum absolute atomic E-state index is 5.57. The number of nitrogens with zero attached hydrogens (tertiary/aromatic N) is 2. The SMILES string of the molecule is CCN(c1cccc(C(N)=S)n1)C1CC1. The van der Waals surface area contributed by atoms with E-state index in [1.807, 2.05) is 18.2 Å². The molecule has 0 aromatic carbocycles. The molecule has 1 heterocycles. The fourth-order valence-corrected chi connectivity index (χ4v) is 1.83. The van der Waals surface area contributed by atoms with Crippen molar-refractivity contribution in [1.82, 2.24) is 4.98 Å². The Balaban J connectivity index is 2.26. The van der Waals surface area contributed by atoms with Crippen LogP contribution in [0.15, 0.2) is 18.2 Å². The van der Waals surface area contributed by atoms with Crippen molar-refractivity contribution >= 4 is 23.0 Å². The van der Waals surface area contributed by atoms with E-state index in [-0.39, 0.29) is 0 Å². The number of aromatic nitrogens is 1. The van der Waals surface area contributed by atoms with Gasteiger partial charge in [-0.15, -0.1) is 0 Å². The van der Waals surface area contributed by atoms with Crippen LogP contribution < -0.4 is 10.6 Å². The Morgan fingerprint density at radius 2 is 2.33 bits per heavy atom. The molecule has 2 N–H and O–H groups in total. The lowest BCUT2D eigenvalue weighted by atomic mass is 10.3. The van der Waals surface area contributed by atoms with Gasteiger partial charge >= 0.3 is 0 Å².